The Balaban J connectivity index is 1.91. The Kier molecular flexibility index (Phi) is 4.00. The Labute approximate surface area is 134 Å². The van der Waals surface area contributed by atoms with Crippen molar-refractivity contribution in [2.45, 2.75) is 0 Å². The molecule has 0 amide bonds. The molecule has 3 nitrogen and oxygen atoms in total. The molecule has 92 valence electrons. The van der Waals surface area contributed by atoms with E-state index in [4.69, 9.17) is 11.6 Å². The molecule has 1 aromatic carbocycles. The standard InChI is InChI=1S/C13H7BrClN3.Sn/c14-12(8-11-6-7-16-13(15)18-11)17-9-10-4-2-1-3-5-10;/h1-7H;. The molecule has 3 rings (SSSR count). The van der Waals surface area contributed by atoms with Crippen molar-refractivity contribution in [3.63, 3.8) is 0 Å². The summed E-state index contributed by atoms with van der Waals surface area (Å²) in [4.78, 5) is 12.8. The average molecular weight is 439 g/mol. The van der Waals surface area contributed by atoms with Crippen LogP contribution in [-0.2, 0) is 0 Å². The third kappa shape index (κ3) is 2.90. The second-order valence-electron chi connectivity index (χ2n) is 3.83. The molecular weight excluding hydrogens is 432 g/mol. The van der Waals surface area contributed by atoms with E-state index in [0.717, 1.165) is 10.3 Å². The molecular formula is C13H7BrClN3Sn. The number of hydrogen-bond acceptors (Lipinski definition) is 3. The number of aromatic nitrogens is 2. The normalized spacial score (nSPS) is 14.7. The van der Waals surface area contributed by atoms with Crippen molar-refractivity contribution in [1.82, 2.24) is 9.97 Å². The summed E-state index contributed by atoms with van der Waals surface area (Å²) in [6.07, 6.45) is 1.68. The van der Waals surface area contributed by atoms with E-state index in [0.29, 0.717) is 0 Å². The van der Waals surface area contributed by atoms with E-state index in [1.54, 1.807) is 6.20 Å². The van der Waals surface area contributed by atoms with Gasteiger partial charge in [0.15, 0.2) is 0 Å². The zero-order valence-electron chi connectivity index (χ0n) is 9.64. The van der Waals surface area contributed by atoms with Gasteiger partial charge < -0.3 is 0 Å². The van der Waals surface area contributed by atoms with E-state index >= 15 is 0 Å². The average Bonchev–Trinajstić information content (AvgIpc) is 2.82. The Morgan fingerprint density at radius 3 is 2.63 bits per heavy atom. The van der Waals surface area contributed by atoms with Gasteiger partial charge in [-0.2, -0.15) is 0 Å². The molecule has 19 heavy (non-hydrogen) atoms. The van der Waals surface area contributed by atoms with Gasteiger partial charge in [-0.05, 0) is 0 Å². The van der Waals surface area contributed by atoms with Crippen LogP contribution in [0.5, 0.6) is 0 Å². The number of rotatable bonds is 2. The topological polar surface area (TPSA) is 38.1 Å². The van der Waals surface area contributed by atoms with Crippen LogP contribution in [0.4, 0.5) is 0 Å². The molecule has 2 radical (unpaired) electrons. The number of nitrogens with zero attached hydrogens (tertiary/aromatic N) is 3. The predicted octanol–water partition coefficient (Wildman–Crippen LogP) is 3.32. The Bertz CT molecular complexity index is 685. The van der Waals surface area contributed by atoms with Gasteiger partial charge in [0.2, 0.25) is 0 Å². The first-order valence-electron chi connectivity index (χ1n) is 5.54. The third-order valence-electron chi connectivity index (χ3n) is 2.59. The van der Waals surface area contributed by atoms with Gasteiger partial charge in [-0.1, -0.05) is 0 Å². The maximum atomic E-state index is 5.85. The van der Waals surface area contributed by atoms with Crippen LogP contribution in [0.25, 0.3) is 3.59 Å². The molecule has 0 fully saturated rings. The van der Waals surface area contributed by atoms with E-state index in [1.165, 1.54) is 12.9 Å². The number of hydrogen-bond donors (Lipinski definition) is 0. The van der Waals surface area contributed by atoms with Crippen LogP contribution in [0.3, 0.4) is 0 Å². The van der Waals surface area contributed by atoms with Gasteiger partial charge in [-0.15, -0.1) is 0 Å². The number of halogens is 2. The summed E-state index contributed by atoms with van der Waals surface area (Å²) in [5.41, 5.74) is 2.08. The van der Waals surface area contributed by atoms with E-state index in [1.807, 2.05) is 24.3 Å². The molecule has 0 saturated heterocycles. The third-order valence-corrected chi connectivity index (χ3v) is 8.33. The first-order chi connectivity index (χ1) is 9.24. The molecule has 0 unspecified atom stereocenters. The molecule has 2 heterocycles. The van der Waals surface area contributed by atoms with Crippen molar-refractivity contribution in [2.75, 3.05) is 0 Å². The first kappa shape index (κ1) is 13.3. The summed E-state index contributed by atoms with van der Waals surface area (Å²) in [6.45, 7) is 0. The fourth-order valence-electron chi connectivity index (χ4n) is 1.73. The van der Waals surface area contributed by atoms with Gasteiger partial charge in [-0.25, -0.2) is 0 Å². The van der Waals surface area contributed by atoms with Gasteiger partial charge in [0.25, 0.3) is 0 Å². The molecule has 1 aliphatic rings. The van der Waals surface area contributed by atoms with Crippen molar-refractivity contribution < 1.29 is 0 Å². The predicted molar refractivity (Wildman–Crippen MR) is 81.6 cm³/mol. The van der Waals surface area contributed by atoms with Crippen LogP contribution in [-0.4, -0.2) is 34.8 Å². The van der Waals surface area contributed by atoms with Crippen molar-refractivity contribution in [3.05, 3.63) is 63.7 Å². The molecule has 0 saturated carbocycles. The zero-order chi connectivity index (χ0) is 13.2. The molecule has 0 aliphatic carbocycles. The van der Waals surface area contributed by atoms with Crippen molar-refractivity contribution in [1.29, 1.82) is 0 Å². The number of benzene rings is 1. The van der Waals surface area contributed by atoms with Gasteiger partial charge in [-0.3, -0.25) is 0 Å². The quantitative estimate of drug-likeness (QED) is 0.409. The minimum absolute atomic E-state index is 0.276. The summed E-state index contributed by atoms with van der Waals surface area (Å²) in [6, 6.07) is 12.1. The summed E-state index contributed by atoms with van der Waals surface area (Å²) in [5.74, 6) is 0. The number of aliphatic imine (C=N–C) groups is 1. The second kappa shape index (κ2) is 5.73. The fraction of sp³-hybridized carbons (Fsp3) is 0. The monoisotopic (exact) mass is 439 g/mol. The first-order valence-corrected chi connectivity index (χ1v) is 9.56. The van der Waals surface area contributed by atoms with Crippen LogP contribution < -0.4 is 0 Å². The van der Waals surface area contributed by atoms with E-state index < -0.39 is 21.1 Å². The maximum absolute atomic E-state index is 5.85. The Morgan fingerprint density at radius 1 is 1.11 bits per heavy atom. The van der Waals surface area contributed by atoms with E-state index in [2.05, 4.69) is 43.0 Å². The van der Waals surface area contributed by atoms with Gasteiger partial charge >= 0.3 is 135 Å². The summed E-state index contributed by atoms with van der Waals surface area (Å²) in [7, 11) is 0. The van der Waals surface area contributed by atoms with Gasteiger partial charge in [0.05, 0.1) is 0 Å². The van der Waals surface area contributed by atoms with E-state index in [9.17, 15) is 0 Å². The molecule has 0 N–H and O–H groups in total. The van der Waals surface area contributed by atoms with Gasteiger partial charge in [0, 0.05) is 0 Å². The second-order valence-corrected chi connectivity index (χ2v) is 8.41. The van der Waals surface area contributed by atoms with Crippen LogP contribution in [0.2, 0.25) is 5.28 Å². The summed E-state index contributed by atoms with van der Waals surface area (Å²) >= 11 is 8.41. The van der Waals surface area contributed by atoms with Crippen molar-refractivity contribution in [2.24, 2.45) is 4.99 Å². The van der Waals surface area contributed by atoms with Crippen LogP contribution >= 0.6 is 27.5 Å². The molecule has 1 aromatic heterocycles. The van der Waals surface area contributed by atoms with E-state index in [-0.39, 0.29) is 5.28 Å². The minimum atomic E-state index is -0.966. The van der Waals surface area contributed by atoms with Crippen LogP contribution in [0.1, 0.15) is 11.3 Å². The molecule has 0 spiro atoms. The molecule has 0 atom stereocenters. The molecule has 0 bridgehead atoms. The van der Waals surface area contributed by atoms with Gasteiger partial charge in [0.1, 0.15) is 0 Å². The Morgan fingerprint density at radius 2 is 1.89 bits per heavy atom. The Hall–Kier alpha value is -0.721. The molecule has 1 aliphatic heterocycles. The van der Waals surface area contributed by atoms with Crippen LogP contribution in [0, 0.1) is 0 Å². The van der Waals surface area contributed by atoms with Crippen molar-refractivity contribution >= 4 is 56.0 Å². The summed E-state index contributed by atoms with van der Waals surface area (Å²) in [5, 5.41) is 0.276. The fourth-order valence-corrected chi connectivity index (χ4v) is 6.65. The van der Waals surface area contributed by atoms with Crippen molar-refractivity contribution in [3.8, 4) is 0 Å². The van der Waals surface area contributed by atoms with Crippen LogP contribution in [0.15, 0.2) is 52.2 Å². The molecule has 2 aromatic rings. The zero-order valence-corrected chi connectivity index (χ0v) is 14.8. The summed E-state index contributed by atoms with van der Waals surface area (Å²) < 4.78 is 3.28. The molecule has 6 heteroatoms. The SMILES string of the molecule is Clc1nccc([C]2=C(Br)N=[C](c3ccccc3)[Sn]2)n1.